The summed E-state index contributed by atoms with van der Waals surface area (Å²) in [4.78, 5) is 24.8. The number of nitrogens with two attached hydrogens (primary N) is 1. The number of benzene rings is 1. The molecule has 3 fully saturated rings. The minimum atomic E-state index is -1.06. The Morgan fingerprint density at radius 3 is 2.33 bits per heavy atom. The molecule has 2 bridgehead atoms. The highest BCUT2D eigenvalue weighted by atomic mass is 16.4. The van der Waals surface area contributed by atoms with Crippen LogP contribution in [-0.2, 0) is 0 Å². The SMILES string of the molecule is NC1C2CCN(CC2)[C@H]1c1cc(C(=O)O)ccc1C(=O)O. The van der Waals surface area contributed by atoms with Gasteiger partial charge in [0.15, 0.2) is 0 Å². The van der Waals surface area contributed by atoms with E-state index in [0.717, 1.165) is 25.9 Å². The summed E-state index contributed by atoms with van der Waals surface area (Å²) in [5, 5.41) is 18.5. The quantitative estimate of drug-likeness (QED) is 0.772. The fraction of sp³-hybridized carbons (Fsp3) is 0.467. The van der Waals surface area contributed by atoms with Gasteiger partial charge in [-0.2, -0.15) is 0 Å². The summed E-state index contributed by atoms with van der Waals surface area (Å²) < 4.78 is 0. The highest BCUT2D eigenvalue weighted by molar-refractivity contribution is 5.93. The average molecular weight is 290 g/mol. The van der Waals surface area contributed by atoms with Crippen LogP contribution in [0.15, 0.2) is 18.2 Å². The largest absolute Gasteiger partial charge is 0.478 e. The van der Waals surface area contributed by atoms with Gasteiger partial charge in [-0.3, -0.25) is 4.90 Å². The van der Waals surface area contributed by atoms with E-state index >= 15 is 0 Å². The first-order valence-electron chi connectivity index (χ1n) is 7.09. The molecule has 0 radical (unpaired) electrons. The number of fused-ring (bicyclic) bond motifs is 3. The van der Waals surface area contributed by atoms with Gasteiger partial charge < -0.3 is 15.9 Å². The van der Waals surface area contributed by atoms with E-state index in [4.69, 9.17) is 10.8 Å². The van der Waals surface area contributed by atoms with Crippen molar-refractivity contribution in [2.24, 2.45) is 11.7 Å². The molecule has 1 aromatic rings. The van der Waals surface area contributed by atoms with Gasteiger partial charge in [0.1, 0.15) is 0 Å². The van der Waals surface area contributed by atoms with Gasteiger partial charge in [-0.25, -0.2) is 9.59 Å². The number of carboxylic acids is 2. The molecule has 0 saturated carbocycles. The van der Waals surface area contributed by atoms with Gasteiger partial charge in [0.05, 0.1) is 17.2 Å². The molecule has 3 saturated heterocycles. The van der Waals surface area contributed by atoms with E-state index in [-0.39, 0.29) is 23.2 Å². The first kappa shape index (κ1) is 14.0. The van der Waals surface area contributed by atoms with Gasteiger partial charge in [-0.1, -0.05) is 0 Å². The van der Waals surface area contributed by atoms with Crippen molar-refractivity contribution in [3.05, 3.63) is 34.9 Å². The molecule has 0 spiro atoms. The number of nitrogens with zero attached hydrogens (tertiary/aromatic N) is 1. The highest BCUT2D eigenvalue weighted by Gasteiger charge is 2.42. The molecule has 4 rings (SSSR count). The van der Waals surface area contributed by atoms with Crippen molar-refractivity contribution in [1.29, 1.82) is 0 Å². The van der Waals surface area contributed by atoms with E-state index in [1.54, 1.807) is 0 Å². The summed E-state index contributed by atoms with van der Waals surface area (Å²) in [6.07, 6.45) is 2.05. The molecule has 2 atom stereocenters. The molecule has 3 aliphatic rings. The Balaban J connectivity index is 2.09. The third-order valence-electron chi connectivity index (χ3n) is 4.72. The maximum absolute atomic E-state index is 11.5. The second-order valence-electron chi connectivity index (χ2n) is 5.81. The summed E-state index contributed by atoms with van der Waals surface area (Å²) in [6.45, 7) is 1.78. The number of piperidine rings is 3. The lowest BCUT2D eigenvalue weighted by Crippen LogP contribution is -2.56. The second kappa shape index (κ2) is 5.13. The maximum Gasteiger partial charge on any atom is 0.336 e. The van der Waals surface area contributed by atoms with Crippen molar-refractivity contribution < 1.29 is 19.8 Å². The van der Waals surface area contributed by atoms with Crippen LogP contribution in [0.1, 0.15) is 45.2 Å². The molecule has 0 aliphatic carbocycles. The lowest BCUT2D eigenvalue weighted by atomic mass is 9.75. The van der Waals surface area contributed by atoms with Crippen LogP contribution in [-0.4, -0.2) is 46.2 Å². The van der Waals surface area contributed by atoms with Crippen molar-refractivity contribution in [2.45, 2.75) is 24.9 Å². The van der Waals surface area contributed by atoms with E-state index in [9.17, 15) is 14.7 Å². The highest BCUT2D eigenvalue weighted by Crippen LogP contribution is 2.41. The molecule has 3 aliphatic heterocycles. The van der Waals surface area contributed by atoms with Crippen LogP contribution in [0.4, 0.5) is 0 Å². The van der Waals surface area contributed by atoms with E-state index < -0.39 is 11.9 Å². The zero-order valence-electron chi connectivity index (χ0n) is 11.5. The molecule has 1 aromatic carbocycles. The zero-order chi connectivity index (χ0) is 15.1. The third kappa shape index (κ3) is 2.30. The van der Waals surface area contributed by atoms with Crippen LogP contribution in [0.25, 0.3) is 0 Å². The van der Waals surface area contributed by atoms with Crippen LogP contribution < -0.4 is 5.73 Å². The minimum absolute atomic E-state index is 0.102. The zero-order valence-corrected chi connectivity index (χ0v) is 11.5. The molecular formula is C15H18N2O4. The summed E-state index contributed by atoms with van der Waals surface area (Å²) in [6, 6.07) is 3.82. The maximum atomic E-state index is 11.5. The summed E-state index contributed by atoms with van der Waals surface area (Å²) in [7, 11) is 0. The standard InChI is InChI=1S/C15H18N2O4/c16-12-8-3-5-17(6-4-8)13(12)11-7-9(14(18)19)1-2-10(11)15(20)21/h1-2,7-8,12-13H,3-6,16H2,(H,18,19)(H,20,21)/t12?,13-/m0/s1. The predicted molar refractivity (Wildman–Crippen MR) is 75.4 cm³/mol. The average Bonchev–Trinajstić information content (AvgIpc) is 2.47. The van der Waals surface area contributed by atoms with Gasteiger partial charge in [-0.15, -0.1) is 0 Å². The molecule has 6 heteroatoms. The number of rotatable bonds is 3. The lowest BCUT2D eigenvalue weighted by Gasteiger charge is -2.50. The minimum Gasteiger partial charge on any atom is -0.478 e. The molecule has 4 N–H and O–H groups in total. The number of hydrogen-bond acceptors (Lipinski definition) is 4. The van der Waals surface area contributed by atoms with Crippen LogP contribution in [0.2, 0.25) is 0 Å². The fourth-order valence-electron chi connectivity index (χ4n) is 3.62. The molecule has 112 valence electrons. The van der Waals surface area contributed by atoms with Gasteiger partial charge in [0, 0.05) is 6.04 Å². The van der Waals surface area contributed by atoms with Crippen LogP contribution >= 0.6 is 0 Å². The topological polar surface area (TPSA) is 104 Å². The van der Waals surface area contributed by atoms with Crippen molar-refractivity contribution in [3.63, 3.8) is 0 Å². The number of carboxylic acid groups (broad SMARTS) is 2. The first-order chi connectivity index (χ1) is 9.99. The molecule has 0 aromatic heterocycles. The van der Waals surface area contributed by atoms with Gasteiger partial charge in [0.2, 0.25) is 0 Å². The van der Waals surface area contributed by atoms with Gasteiger partial charge in [-0.05, 0) is 55.6 Å². The Morgan fingerprint density at radius 2 is 1.81 bits per heavy atom. The number of hydrogen-bond donors (Lipinski definition) is 3. The normalized spacial score (nSPS) is 31.1. The van der Waals surface area contributed by atoms with Crippen LogP contribution in [0.5, 0.6) is 0 Å². The van der Waals surface area contributed by atoms with E-state index in [2.05, 4.69) is 4.90 Å². The molecule has 1 unspecified atom stereocenters. The Morgan fingerprint density at radius 1 is 1.14 bits per heavy atom. The van der Waals surface area contributed by atoms with Crippen molar-refractivity contribution >= 4 is 11.9 Å². The predicted octanol–water partition coefficient (Wildman–Crippen LogP) is 1.18. The van der Waals surface area contributed by atoms with Crippen molar-refractivity contribution in [1.82, 2.24) is 4.90 Å². The smallest absolute Gasteiger partial charge is 0.336 e. The van der Waals surface area contributed by atoms with Crippen molar-refractivity contribution in [2.75, 3.05) is 13.1 Å². The van der Waals surface area contributed by atoms with Gasteiger partial charge in [0.25, 0.3) is 0 Å². The molecule has 21 heavy (non-hydrogen) atoms. The molecular weight excluding hydrogens is 272 g/mol. The Hall–Kier alpha value is -1.92. The Labute approximate surface area is 122 Å². The Bertz CT molecular complexity index is 591. The van der Waals surface area contributed by atoms with Crippen LogP contribution in [0, 0.1) is 5.92 Å². The number of carbonyl (C=O) groups is 2. The summed E-state index contributed by atoms with van der Waals surface area (Å²) >= 11 is 0. The van der Waals surface area contributed by atoms with Crippen molar-refractivity contribution in [3.8, 4) is 0 Å². The molecule has 6 nitrogen and oxygen atoms in total. The van der Waals surface area contributed by atoms with Gasteiger partial charge >= 0.3 is 11.9 Å². The third-order valence-corrected chi connectivity index (χ3v) is 4.72. The molecule has 3 heterocycles. The van der Waals surface area contributed by atoms with Crippen LogP contribution in [0.3, 0.4) is 0 Å². The fourth-order valence-corrected chi connectivity index (χ4v) is 3.62. The lowest BCUT2D eigenvalue weighted by molar-refractivity contribution is 0.0265. The second-order valence-corrected chi connectivity index (χ2v) is 5.81. The monoisotopic (exact) mass is 290 g/mol. The molecule has 0 amide bonds. The van der Waals surface area contributed by atoms with E-state index in [0.29, 0.717) is 11.5 Å². The summed E-state index contributed by atoms with van der Waals surface area (Å²) in [5.41, 5.74) is 7.08. The number of aromatic carboxylic acids is 2. The summed E-state index contributed by atoms with van der Waals surface area (Å²) in [5.74, 6) is -1.72. The first-order valence-corrected chi connectivity index (χ1v) is 7.09. The Kier molecular flexibility index (Phi) is 3.43. The van der Waals surface area contributed by atoms with E-state index in [1.807, 2.05) is 0 Å². The van der Waals surface area contributed by atoms with E-state index in [1.165, 1.54) is 18.2 Å².